The quantitative estimate of drug-likeness (QED) is 0.458. The second kappa shape index (κ2) is 9.40. The summed E-state index contributed by atoms with van der Waals surface area (Å²) in [7, 11) is 0. The maximum absolute atomic E-state index is 5.79. The van der Waals surface area contributed by atoms with Gasteiger partial charge in [0, 0.05) is 45.0 Å². The Morgan fingerprint density at radius 1 is 1.26 bits per heavy atom. The number of rotatable bonds is 7. The highest BCUT2D eigenvalue weighted by Gasteiger charge is 2.16. The maximum Gasteiger partial charge on any atom is 0.188 e. The van der Waals surface area contributed by atoms with Gasteiger partial charge in [-0.3, -0.25) is 9.89 Å². The molecule has 0 atom stereocenters. The van der Waals surface area contributed by atoms with Crippen LogP contribution in [0.25, 0.3) is 0 Å². The molecular formula is C18H31N5. The van der Waals surface area contributed by atoms with Crippen LogP contribution in [-0.2, 0) is 0 Å². The monoisotopic (exact) mass is 317 g/mol. The molecule has 0 spiro atoms. The zero-order valence-corrected chi connectivity index (χ0v) is 14.6. The molecule has 2 rings (SSSR count). The van der Waals surface area contributed by atoms with Gasteiger partial charge in [-0.25, -0.2) is 0 Å². The Hall–Kier alpha value is -1.75. The summed E-state index contributed by atoms with van der Waals surface area (Å²) in [4.78, 5) is 9.26. The van der Waals surface area contributed by atoms with E-state index in [1.165, 1.54) is 11.3 Å². The fourth-order valence-corrected chi connectivity index (χ4v) is 2.86. The van der Waals surface area contributed by atoms with Gasteiger partial charge in [-0.05, 0) is 44.0 Å². The highest BCUT2D eigenvalue weighted by atomic mass is 15.3. The summed E-state index contributed by atoms with van der Waals surface area (Å²) in [5.74, 6) is 0.580. The number of guanidine groups is 1. The van der Waals surface area contributed by atoms with Gasteiger partial charge < -0.3 is 16.0 Å². The van der Waals surface area contributed by atoms with E-state index in [4.69, 9.17) is 5.73 Å². The predicted octanol–water partition coefficient (Wildman–Crippen LogP) is 1.82. The highest BCUT2D eigenvalue weighted by Crippen LogP contribution is 2.17. The van der Waals surface area contributed by atoms with E-state index < -0.39 is 0 Å². The molecule has 23 heavy (non-hydrogen) atoms. The summed E-state index contributed by atoms with van der Waals surface area (Å²) in [6, 6.07) is 8.79. The van der Waals surface area contributed by atoms with E-state index in [0.717, 1.165) is 58.7 Å². The van der Waals surface area contributed by atoms with Crippen molar-refractivity contribution in [1.82, 2.24) is 10.2 Å². The number of nitrogens with one attached hydrogen (secondary N) is 1. The van der Waals surface area contributed by atoms with E-state index in [-0.39, 0.29) is 0 Å². The number of nitrogens with two attached hydrogens (primary N) is 1. The van der Waals surface area contributed by atoms with Crippen molar-refractivity contribution in [3.05, 3.63) is 29.8 Å². The number of anilines is 1. The zero-order valence-electron chi connectivity index (χ0n) is 14.6. The molecule has 1 saturated heterocycles. The number of hydrogen-bond acceptors (Lipinski definition) is 3. The van der Waals surface area contributed by atoms with Crippen LogP contribution in [0.5, 0.6) is 0 Å². The molecule has 1 aromatic rings. The molecule has 0 amide bonds. The lowest BCUT2D eigenvalue weighted by atomic mass is 10.2. The van der Waals surface area contributed by atoms with E-state index in [9.17, 15) is 0 Å². The Kier molecular flexibility index (Phi) is 7.20. The van der Waals surface area contributed by atoms with Gasteiger partial charge in [-0.1, -0.05) is 19.1 Å². The van der Waals surface area contributed by atoms with Gasteiger partial charge in [0.15, 0.2) is 5.96 Å². The van der Waals surface area contributed by atoms with Crippen molar-refractivity contribution in [3.63, 3.8) is 0 Å². The molecule has 0 unspecified atom stereocenters. The third-order valence-corrected chi connectivity index (χ3v) is 4.20. The Balaban J connectivity index is 1.63. The highest BCUT2D eigenvalue weighted by molar-refractivity contribution is 5.77. The Morgan fingerprint density at radius 2 is 2.04 bits per heavy atom. The normalized spacial score (nSPS) is 16.6. The average Bonchev–Trinajstić information content (AvgIpc) is 2.57. The smallest absolute Gasteiger partial charge is 0.188 e. The minimum atomic E-state index is 0.580. The van der Waals surface area contributed by atoms with Gasteiger partial charge in [0.1, 0.15) is 0 Å². The third kappa shape index (κ3) is 6.10. The molecule has 0 aromatic heterocycles. The first-order chi connectivity index (χ1) is 11.2. The third-order valence-electron chi connectivity index (χ3n) is 4.20. The summed E-state index contributed by atoms with van der Waals surface area (Å²) < 4.78 is 0. The average molecular weight is 317 g/mol. The number of hydrogen-bond donors (Lipinski definition) is 2. The van der Waals surface area contributed by atoms with Crippen molar-refractivity contribution in [1.29, 1.82) is 0 Å². The molecule has 0 radical (unpaired) electrons. The lowest BCUT2D eigenvalue weighted by molar-refractivity contribution is 0.255. The first kappa shape index (κ1) is 17.6. The van der Waals surface area contributed by atoms with Crippen LogP contribution in [0.2, 0.25) is 0 Å². The predicted molar refractivity (Wildman–Crippen MR) is 99.2 cm³/mol. The molecule has 3 N–H and O–H groups in total. The Bertz CT molecular complexity index is 492. The standard InChI is InChI=1S/C18H31N5/c1-3-8-20-18(19)21-9-5-10-22-11-13-23(14-12-22)17-7-4-6-16(2)15-17/h4,6-7,15H,3,5,8-14H2,1-2H3,(H3,19,20,21). The molecule has 1 fully saturated rings. The SMILES string of the molecule is CCCN=C(N)NCCCN1CCN(c2cccc(C)c2)CC1. The van der Waals surface area contributed by atoms with Crippen LogP contribution >= 0.6 is 0 Å². The summed E-state index contributed by atoms with van der Waals surface area (Å²) in [6.07, 6.45) is 2.14. The summed E-state index contributed by atoms with van der Waals surface area (Å²) in [5, 5.41) is 3.19. The van der Waals surface area contributed by atoms with Gasteiger partial charge in [-0.2, -0.15) is 0 Å². The van der Waals surface area contributed by atoms with Gasteiger partial charge in [0.2, 0.25) is 0 Å². The van der Waals surface area contributed by atoms with Crippen LogP contribution in [0.15, 0.2) is 29.3 Å². The molecule has 1 aromatic carbocycles. The first-order valence-electron chi connectivity index (χ1n) is 8.77. The van der Waals surface area contributed by atoms with Gasteiger partial charge in [0.25, 0.3) is 0 Å². The van der Waals surface area contributed by atoms with Crippen LogP contribution in [0.1, 0.15) is 25.3 Å². The minimum absolute atomic E-state index is 0.580. The van der Waals surface area contributed by atoms with Gasteiger partial charge >= 0.3 is 0 Å². The molecule has 0 saturated carbocycles. The zero-order chi connectivity index (χ0) is 16.5. The van der Waals surface area contributed by atoms with E-state index in [1.807, 2.05) is 0 Å². The number of aliphatic imine (C=N–C) groups is 1. The molecule has 1 aliphatic rings. The van der Waals surface area contributed by atoms with Crippen molar-refractivity contribution in [2.75, 3.05) is 50.7 Å². The molecule has 5 heteroatoms. The van der Waals surface area contributed by atoms with Crippen LogP contribution < -0.4 is 16.0 Å². The van der Waals surface area contributed by atoms with Crippen LogP contribution in [0.3, 0.4) is 0 Å². The molecule has 1 aliphatic heterocycles. The van der Waals surface area contributed by atoms with Crippen molar-refractivity contribution in [3.8, 4) is 0 Å². The first-order valence-corrected chi connectivity index (χ1v) is 8.77. The summed E-state index contributed by atoms with van der Waals surface area (Å²) in [6.45, 7) is 11.6. The minimum Gasteiger partial charge on any atom is -0.370 e. The molecule has 1 heterocycles. The largest absolute Gasteiger partial charge is 0.370 e. The second-order valence-electron chi connectivity index (χ2n) is 6.21. The summed E-state index contributed by atoms with van der Waals surface area (Å²) >= 11 is 0. The van der Waals surface area contributed by atoms with E-state index in [0.29, 0.717) is 5.96 Å². The lowest BCUT2D eigenvalue weighted by Crippen LogP contribution is -2.47. The van der Waals surface area contributed by atoms with Gasteiger partial charge in [-0.15, -0.1) is 0 Å². The molecular weight excluding hydrogens is 286 g/mol. The summed E-state index contributed by atoms with van der Waals surface area (Å²) in [5.41, 5.74) is 8.48. The van der Waals surface area contributed by atoms with Crippen molar-refractivity contribution >= 4 is 11.6 Å². The van der Waals surface area contributed by atoms with Crippen LogP contribution in [-0.4, -0.2) is 56.7 Å². The fraction of sp³-hybridized carbons (Fsp3) is 0.611. The molecule has 0 aliphatic carbocycles. The molecule has 5 nitrogen and oxygen atoms in total. The molecule has 128 valence electrons. The second-order valence-corrected chi connectivity index (χ2v) is 6.21. The van der Waals surface area contributed by atoms with Crippen molar-refractivity contribution in [2.45, 2.75) is 26.7 Å². The number of nitrogens with zero attached hydrogens (tertiary/aromatic N) is 3. The topological polar surface area (TPSA) is 56.9 Å². The van der Waals surface area contributed by atoms with E-state index >= 15 is 0 Å². The lowest BCUT2D eigenvalue weighted by Gasteiger charge is -2.36. The molecule has 0 bridgehead atoms. The fourth-order valence-electron chi connectivity index (χ4n) is 2.86. The number of aryl methyl sites for hydroxylation is 1. The van der Waals surface area contributed by atoms with Crippen molar-refractivity contribution < 1.29 is 0 Å². The number of piperazine rings is 1. The van der Waals surface area contributed by atoms with Crippen LogP contribution in [0.4, 0.5) is 5.69 Å². The Morgan fingerprint density at radius 3 is 2.74 bits per heavy atom. The van der Waals surface area contributed by atoms with Gasteiger partial charge in [0.05, 0.1) is 0 Å². The number of benzene rings is 1. The van der Waals surface area contributed by atoms with E-state index in [2.05, 4.69) is 58.2 Å². The Labute approximate surface area is 140 Å². The van der Waals surface area contributed by atoms with E-state index in [1.54, 1.807) is 0 Å². The van der Waals surface area contributed by atoms with Crippen molar-refractivity contribution in [2.24, 2.45) is 10.7 Å². The van der Waals surface area contributed by atoms with Crippen LogP contribution in [0, 0.1) is 6.92 Å². The maximum atomic E-state index is 5.79.